The summed E-state index contributed by atoms with van der Waals surface area (Å²) in [7, 11) is -3.80. The van der Waals surface area contributed by atoms with Gasteiger partial charge in [0.15, 0.2) is 9.84 Å². The van der Waals surface area contributed by atoms with Crippen molar-refractivity contribution in [3.8, 4) is 11.1 Å². The first kappa shape index (κ1) is 29.5. The summed E-state index contributed by atoms with van der Waals surface area (Å²) < 4.78 is 74.1. The van der Waals surface area contributed by atoms with Crippen molar-refractivity contribution in [2.45, 2.75) is 55.5 Å². The van der Waals surface area contributed by atoms with Crippen LogP contribution >= 0.6 is 11.6 Å². The molecule has 40 heavy (non-hydrogen) atoms. The van der Waals surface area contributed by atoms with Crippen LogP contribution in [-0.2, 0) is 20.8 Å². The predicted octanol–water partition coefficient (Wildman–Crippen LogP) is 5.64. The van der Waals surface area contributed by atoms with Crippen molar-refractivity contribution in [1.29, 1.82) is 0 Å². The Kier molecular flexibility index (Phi) is 7.96. The molecule has 0 unspecified atom stereocenters. The Morgan fingerprint density at radius 1 is 1.15 bits per heavy atom. The maximum absolute atomic E-state index is 14.1. The molecule has 1 aromatic heterocycles. The second-order valence-electron chi connectivity index (χ2n) is 10.3. The number of aromatic nitrogens is 3. The number of nitrogens with one attached hydrogen (secondary N) is 2. The number of rotatable bonds is 5. The Balaban J connectivity index is 1.55. The average Bonchev–Trinajstić information content (AvgIpc) is 3.26. The van der Waals surface area contributed by atoms with Crippen molar-refractivity contribution in [3.05, 3.63) is 47.0 Å². The topological polar surface area (TPSA) is 143 Å². The fourth-order valence-electron chi connectivity index (χ4n) is 4.33. The van der Waals surface area contributed by atoms with Crippen LogP contribution < -0.4 is 11.1 Å². The Morgan fingerprint density at radius 2 is 1.77 bits per heavy atom. The van der Waals surface area contributed by atoms with Crippen LogP contribution in [0.2, 0.25) is 5.02 Å². The van der Waals surface area contributed by atoms with Gasteiger partial charge in [-0.15, -0.1) is 5.10 Å². The largest absolute Gasteiger partial charge is 0.444 e. The monoisotopic (exact) mass is 600 g/mol. The van der Waals surface area contributed by atoms with E-state index in [0.717, 1.165) is 6.07 Å². The standard InChI is InChI=1S/C25H28ClF3N6O4S/c1-24(2,3)39-23(36)35-10-8-17(9-11-35)40(37,38)16-6-4-14(5-7-16)20-18(25(27,28)29)12-15(13-19(20)26)31-22-32-21(30)33-34-22/h4-7,12-13,17H,8-11H2,1-3H3,(H4,30,31,32,33,34). The lowest BCUT2D eigenvalue weighted by Crippen LogP contribution is -2.44. The number of nitrogen functional groups attached to an aromatic ring is 1. The zero-order valence-electron chi connectivity index (χ0n) is 21.8. The number of benzene rings is 2. The first-order chi connectivity index (χ1) is 18.5. The molecule has 4 N–H and O–H groups in total. The second kappa shape index (κ2) is 10.8. The van der Waals surface area contributed by atoms with Gasteiger partial charge in [-0.3, -0.25) is 0 Å². The van der Waals surface area contributed by atoms with Crippen molar-refractivity contribution in [1.82, 2.24) is 20.1 Å². The molecule has 1 saturated heterocycles. The second-order valence-corrected chi connectivity index (χ2v) is 12.9. The van der Waals surface area contributed by atoms with E-state index in [2.05, 4.69) is 20.5 Å². The fraction of sp³-hybridized carbons (Fsp3) is 0.400. The lowest BCUT2D eigenvalue weighted by atomic mass is 9.98. The van der Waals surface area contributed by atoms with Crippen molar-refractivity contribution in [3.63, 3.8) is 0 Å². The van der Waals surface area contributed by atoms with E-state index in [1.165, 1.54) is 35.2 Å². The first-order valence-corrected chi connectivity index (χ1v) is 14.1. The molecule has 15 heteroatoms. The summed E-state index contributed by atoms with van der Waals surface area (Å²) in [5.74, 6) is -0.0640. The van der Waals surface area contributed by atoms with Gasteiger partial charge in [-0.05, 0) is 63.4 Å². The van der Waals surface area contributed by atoms with Gasteiger partial charge < -0.3 is 20.7 Å². The van der Waals surface area contributed by atoms with E-state index in [1.807, 2.05) is 0 Å². The third-order valence-electron chi connectivity index (χ3n) is 6.16. The van der Waals surface area contributed by atoms with Crippen LogP contribution in [0.15, 0.2) is 41.3 Å². The molecule has 1 fully saturated rings. The zero-order valence-corrected chi connectivity index (χ0v) is 23.4. The highest BCUT2D eigenvalue weighted by Crippen LogP contribution is 2.43. The number of halogens is 4. The van der Waals surface area contributed by atoms with E-state index in [-0.39, 0.29) is 64.6 Å². The van der Waals surface area contributed by atoms with Crippen LogP contribution in [-0.4, -0.2) is 58.5 Å². The number of H-pyrrole nitrogens is 1. The minimum absolute atomic E-state index is 0.0167. The molecule has 0 aliphatic carbocycles. The first-order valence-electron chi connectivity index (χ1n) is 12.2. The van der Waals surface area contributed by atoms with E-state index in [4.69, 9.17) is 22.1 Å². The van der Waals surface area contributed by atoms with Gasteiger partial charge in [0.1, 0.15) is 5.60 Å². The normalized spacial score (nSPS) is 15.2. The summed E-state index contributed by atoms with van der Waals surface area (Å²) in [6, 6.07) is 7.26. The number of anilines is 3. The van der Waals surface area contributed by atoms with Crippen LogP contribution in [0.3, 0.4) is 0 Å². The molecule has 0 bridgehead atoms. The summed E-state index contributed by atoms with van der Waals surface area (Å²) in [6.45, 7) is 5.66. The zero-order chi connectivity index (χ0) is 29.5. The van der Waals surface area contributed by atoms with E-state index in [9.17, 15) is 26.4 Å². The molecular formula is C25H28ClF3N6O4S. The minimum Gasteiger partial charge on any atom is -0.444 e. The minimum atomic E-state index is -4.78. The SMILES string of the molecule is CC(C)(C)OC(=O)N1CCC(S(=O)(=O)c2ccc(-c3c(Cl)cc(Nc4n[nH]c(N)n4)cc3C(F)(F)F)cc2)CC1. The molecule has 10 nitrogen and oxygen atoms in total. The maximum atomic E-state index is 14.1. The van der Waals surface area contributed by atoms with Crippen molar-refractivity contribution in [2.24, 2.45) is 0 Å². The summed E-state index contributed by atoms with van der Waals surface area (Å²) in [6.07, 6.45) is -4.87. The molecule has 0 atom stereocenters. The number of carbonyl (C=O) groups is 1. The summed E-state index contributed by atoms with van der Waals surface area (Å²) in [4.78, 5) is 17.5. The molecule has 1 aliphatic rings. The number of piperidine rings is 1. The molecule has 1 aliphatic heterocycles. The van der Waals surface area contributed by atoms with E-state index in [0.29, 0.717) is 0 Å². The van der Waals surface area contributed by atoms with E-state index < -0.39 is 38.5 Å². The molecule has 216 valence electrons. The molecule has 0 radical (unpaired) electrons. The Bertz CT molecular complexity index is 1500. The number of sulfone groups is 1. The van der Waals surface area contributed by atoms with Gasteiger partial charge >= 0.3 is 12.3 Å². The highest BCUT2D eigenvalue weighted by Gasteiger charge is 2.37. The summed E-state index contributed by atoms with van der Waals surface area (Å²) in [5, 5.41) is 7.75. The number of alkyl halides is 3. The highest BCUT2D eigenvalue weighted by molar-refractivity contribution is 7.92. The van der Waals surface area contributed by atoms with Crippen LogP contribution in [0.1, 0.15) is 39.2 Å². The van der Waals surface area contributed by atoms with E-state index in [1.54, 1.807) is 20.8 Å². The molecule has 0 saturated carbocycles. The number of nitrogens with two attached hydrogens (primary N) is 1. The molecule has 1 amide bonds. The van der Waals surface area contributed by atoms with Gasteiger partial charge in [-0.1, -0.05) is 23.7 Å². The number of hydrogen-bond acceptors (Lipinski definition) is 8. The number of amides is 1. The number of nitrogens with zero attached hydrogens (tertiary/aromatic N) is 3. The van der Waals surface area contributed by atoms with Crippen LogP contribution in [0.4, 0.5) is 35.5 Å². The number of aromatic amines is 1. The number of carbonyl (C=O) groups excluding carboxylic acids is 1. The van der Waals surface area contributed by atoms with Crippen molar-refractivity contribution >= 4 is 45.1 Å². The molecule has 4 rings (SSSR count). The molecular weight excluding hydrogens is 573 g/mol. The Morgan fingerprint density at radius 3 is 2.30 bits per heavy atom. The third kappa shape index (κ3) is 6.61. The maximum Gasteiger partial charge on any atom is 0.417 e. The lowest BCUT2D eigenvalue weighted by molar-refractivity contribution is -0.137. The lowest BCUT2D eigenvalue weighted by Gasteiger charge is -2.33. The van der Waals surface area contributed by atoms with Gasteiger partial charge in [0.05, 0.1) is 20.7 Å². The molecule has 0 spiro atoms. The van der Waals surface area contributed by atoms with Crippen LogP contribution in [0.5, 0.6) is 0 Å². The Labute approximate surface area is 234 Å². The number of hydrogen-bond donors (Lipinski definition) is 3. The number of likely N-dealkylation sites (tertiary alicyclic amines) is 1. The van der Waals surface area contributed by atoms with Crippen LogP contribution in [0, 0.1) is 0 Å². The molecule has 2 aromatic carbocycles. The third-order valence-corrected chi connectivity index (χ3v) is 8.73. The van der Waals surface area contributed by atoms with Crippen LogP contribution in [0.25, 0.3) is 11.1 Å². The van der Waals surface area contributed by atoms with Gasteiger partial charge in [0.2, 0.25) is 11.9 Å². The summed E-state index contributed by atoms with van der Waals surface area (Å²) in [5.41, 5.74) is 3.52. The molecule has 3 aromatic rings. The van der Waals surface area contributed by atoms with Gasteiger partial charge in [0, 0.05) is 24.3 Å². The molecule has 2 heterocycles. The Hall–Kier alpha value is -3.52. The fourth-order valence-corrected chi connectivity index (χ4v) is 6.39. The smallest absolute Gasteiger partial charge is 0.417 e. The quantitative estimate of drug-likeness (QED) is 0.341. The van der Waals surface area contributed by atoms with Gasteiger partial charge in [-0.25, -0.2) is 18.3 Å². The van der Waals surface area contributed by atoms with Gasteiger partial charge in [0.25, 0.3) is 0 Å². The number of ether oxygens (including phenoxy) is 1. The van der Waals surface area contributed by atoms with Crippen molar-refractivity contribution < 1.29 is 31.1 Å². The van der Waals surface area contributed by atoms with Crippen molar-refractivity contribution in [2.75, 3.05) is 24.1 Å². The van der Waals surface area contributed by atoms with E-state index >= 15 is 0 Å². The summed E-state index contributed by atoms with van der Waals surface area (Å²) >= 11 is 6.30. The van der Waals surface area contributed by atoms with Gasteiger partial charge in [-0.2, -0.15) is 18.2 Å². The predicted molar refractivity (Wildman–Crippen MR) is 144 cm³/mol. The average molecular weight is 601 g/mol. The highest BCUT2D eigenvalue weighted by atomic mass is 35.5.